The summed E-state index contributed by atoms with van der Waals surface area (Å²) >= 11 is 0. The van der Waals surface area contributed by atoms with Crippen molar-refractivity contribution in [3.05, 3.63) is 23.1 Å². The standard InChI is InChI=1S/C6H8N4O4/c7-6(11)9-8-3-4-1-2-5(14-4)10(12)13/h1-3,10,12H,(H3,7,9,11). The molecule has 0 aliphatic heterocycles. The lowest BCUT2D eigenvalue weighted by Gasteiger charge is -2.05. The van der Waals surface area contributed by atoms with Gasteiger partial charge in [0.05, 0.1) is 6.21 Å². The van der Waals surface area contributed by atoms with Gasteiger partial charge in [0.25, 0.3) is 0 Å². The average Bonchev–Trinajstić information content (AvgIpc) is 2.52. The summed E-state index contributed by atoms with van der Waals surface area (Å²) < 4.78 is 4.79. The Morgan fingerprint density at radius 2 is 2.50 bits per heavy atom. The number of nitrogens with two attached hydrogens (primary N) is 1. The van der Waals surface area contributed by atoms with Crippen molar-refractivity contribution in [2.75, 3.05) is 0 Å². The predicted molar refractivity (Wildman–Crippen MR) is 44.8 cm³/mol. The fraction of sp³-hybridized carbons (Fsp3) is 0. The fourth-order valence-corrected chi connectivity index (χ4v) is 0.697. The number of urea groups is 1. The summed E-state index contributed by atoms with van der Waals surface area (Å²) in [4.78, 5) is 10.2. The Hall–Kier alpha value is -1.90. The number of hydrazone groups is 1. The van der Waals surface area contributed by atoms with Gasteiger partial charge in [-0.1, -0.05) is 0 Å². The van der Waals surface area contributed by atoms with E-state index in [1.54, 1.807) is 0 Å². The van der Waals surface area contributed by atoms with Crippen molar-refractivity contribution >= 4 is 18.1 Å². The summed E-state index contributed by atoms with van der Waals surface area (Å²) in [6, 6.07) is 1.86. The number of amides is 2. The van der Waals surface area contributed by atoms with E-state index in [0.717, 1.165) is 6.21 Å². The van der Waals surface area contributed by atoms with Crippen molar-refractivity contribution in [1.29, 1.82) is 0 Å². The smallest absolute Gasteiger partial charge is 0.332 e. The molecule has 1 aromatic rings. The molecule has 1 unspecified atom stereocenters. The molecule has 2 amide bonds. The molecule has 5 N–H and O–H groups in total. The van der Waals surface area contributed by atoms with Crippen LogP contribution in [-0.2, 0) is 0 Å². The van der Waals surface area contributed by atoms with Crippen LogP contribution < -0.4 is 16.4 Å². The van der Waals surface area contributed by atoms with E-state index in [0.29, 0.717) is 0 Å². The Kier molecular flexibility index (Phi) is 3.18. The summed E-state index contributed by atoms with van der Waals surface area (Å²) in [6.07, 6.45) is 1.14. The molecule has 0 saturated heterocycles. The van der Waals surface area contributed by atoms with E-state index in [1.807, 2.05) is 5.43 Å². The van der Waals surface area contributed by atoms with E-state index < -0.39 is 11.3 Å². The number of furan rings is 1. The van der Waals surface area contributed by atoms with Crippen molar-refractivity contribution in [3.63, 3.8) is 0 Å². The fourth-order valence-electron chi connectivity index (χ4n) is 0.697. The zero-order valence-electron chi connectivity index (χ0n) is 6.93. The molecule has 1 heterocycles. The Morgan fingerprint density at radius 3 is 3.00 bits per heavy atom. The van der Waals surface area contributed by atoms with Gasteiger partial charge in [0.2, 0.25) is 0 Å². The van der Waals surface area contributed by atoms with Crippen LogP contribution in [0.5, 0.6) is 0 Å². The molecule has 0 aliphatic rings. The number of primary amides is 1. The van der Waals surface area contributed by atoms with Gasteiger partial charge in [-0.3, -0.25) is 0 Å². The molecular weight excluding hydrogens is 192 g/mol. The van der Waals surface area contributed by atoms with Gasteiger partial charge in [-0.05, 0) is 6.07 Å². The maximum Gasteiger partial charge on any atom is 0.332 e. The highest BCUT2D eigenvalue weighted by molar-refractivity contribution is 5.78. The largest absolute Gasteiger partial charge is 0.592 e. The second-order valence-electron chi connectivity index (χ2n) is 2.24. The van der Waals surface area contributed by atoms with Crippen LogP contribution in [0.2, 0.25) is 0 Å². The number of hydrogen-bond donors (Lipinski definition) is 4. The van der Waals surface area contributed by atoms with Crippen molar-refractivity contribution in [2.24, 2.45) is 10.8 Å². The normalized spacial score (nSPS) is 13.0. The van der Waals surface area contributed by atoms with Gasteiger partial charge in [0.1, 0.15) is 0 Å². The van der Waals surface area contributed by atoms with Crippen molar-refractivity contribution < 1.29 is 19.6 Å². The molecule has 0 saturated carbocycles. The molecule has 1 aromatic heterocycles. The van der Waals surface area contributed by atoms with Gasteiger partial charge in [-0.15, -0.1) is 0 Å². The Labute approximate surface area is 78.1 Å². The highest BCUT2D eigenvalue weighted by Crippen LogP contribution is 2.05. The second-order valence-corrected chi connectivity index (χ2v) is 2.24. The lowest BCUT2D eigenvalue weighted by molar-refractivity contribution is -0.997. The van der Waals surface area contributed by atoms with Crippen LogP contribution in [-0.4, -0.2) is 17.5 Å². The van der Waals surface area contributed by atoms with Crippen LogP contribution in [0.25, 0.3) is 0 Å². The van der Waals surface area contributed by atoms with Gasteiger partial charge in [-0.2, -0.15) is 10.3 Å². The molecule has 76 valence electrons. The molecule has 0 aliphatic carbocycles. The van der Waals surface area contributed by atoms with E-state index in [4.69, 9.17) is 15.4 Å². The minimum atomic E-state index is -1.17. The molecule has 0 aromatic carbocycles. The molecule has 1 atom stereocenters. The average molecular weight is 200 g/mol. The minimum absolute atomic E-state index is 0.203. The summed E-state index contributed by atoms with van der Waals surface area (Å²) in [7, 11) is 0. The molecule has 14 heavy (non-hydrogen) atoms. The molecule has 8 heteroatoms. The molecule has 8 nitrogen and oxygen atoms in total. The zero-order chi connectivity index (χ0) is 10.6. The van der Waals surface area contributed by atoms with Crippen LogP contribution in [0.3, 0.4) is 0 Å². The number of nitrogens with one attached hydrogen (secondary N) is 2. The maximum absolute atomic E-state index is 10.4. The number of rotatable bonds is 3. The number of carbonyl (C=O) groups excluding carboxylic acids is 1. The van der Waals surface area contributed by atoms with Gasteiger partial charge in [-0.25, -0.2) is 15.4 Å². The molecular formula is C6H8N4O4. The molecule has 0 radical (unpaired) electrons. The lowest BCUT2D eigenvalue weighted by Crippen LogP contribution is -2.99. The summed E-state index contributed by atoms with van der Waals surface area (Å²) in [5.41, 5.74) is 6.65. The molecule has 0 bridgehead atoms. The Bertz CT molecular complexity index is 345. The number of quaternary nitrogens is 1. The quantitative estimate of drug-likeness (QED) is 0.356. The Morgan fingerprint density at radius 1 is 1.79 bits per heavy atom. The van der Waals surface area contributed by atoms with E-state index >= 15 is 0 Å². The molecule has 1 rings (SSSR count). The predicted octanol–water partition coefficient (Wildman–Crippen LogP) is -1.31. The first-order chi connectivity index (χ1) is 6.59. The van der Waals surface area contributed by atoms with Crippen molar-refractivity contribution in [2.45, 2.75) is 0 Å². The molecule has 0 spiro atoms. The Balaban J connectivity index is 2.59. The minimum Gasteiger partial charge on any atom is -0.592 e. The van der Waals surface area contributed by atoms with Crippen molar-refractivity contribution in [3.8, 4) is 0 Å². The number of hydrogen-bond acceptors (Lipinski definition) is 5. The van der Waals surface area contributed by atoms with Gasteiger partial charge in [0.15, 0.2) is 5.76 Å². The van der Waals surface area contributed by atoms with Gasteiger partial charge < -0.3 is 15.4 Å². The first-order valence-electron chi connectivity index (χ1n) is 3.51. The number of nitrogens with zero attached hydrogens (tertiary/aromatic N) is 1. The van der Waals surface area contributed by atoms with Crippen LogP contribution in [0.1, 0.15) is 5.76 Å². The third kappa shape index (κ3) is 2.86. The van der Waals surface area contributed by atoms with Gasteiger partial charge in [0, 0.05) is 6.07 Å². The third-order valence-corrected chi connectivity index (χ3v) is 1.20. The van der Waals surface area contributed by atoms with E-state index in [9.17, 15) is 10.0 Å². The summed E-state index contributed by atoms with van der Waals surface area (Å²) in [5.74, 6) is 0.00155. The van der Waals surface area contributed by atoms with Gasteiger partial charge >= 0.3 is 11.9 Å². The van der Waals surface area contributed by atoms with E-state index in [-0.39, 0.29) is 11.6 Å². The van der Waals surface area contributed by atoms with Crippen molar-refractivity contribution in [1.82, 2.24) is 5.43 Å². The number of carbonyl (C=O) groups is 1. The van der Waals surface area contributed by atoms with E-state index in [1.165, 1.54) is 12.1 Å². The SMILES string of the molecule is NC(=O)NN=Cc1ccc([NH+]([O-])O)o1. The topological polar surface area (TPSA) is 128 Å². The second kappa shape index (κ2) is 4.37. The lowest BCUT2D eigenvalue weighted by atomic mass is 10.5. The monoisotopic (exact) mass is 200 g/mol. The summed E-state index contributed by atoms with van der Waals surface area (Å²) in [6.45, 7) is 0. The first-order valence-corrected chi connectivity index (χ1v) is 3.51. The van der Waals surface area contributed by atoms with Crippen LogP contribution in [0.15, 0.2) is 21.7 Å². The van der Waals surface area contributed by atoms with Crippen LogP contribution in [0.4, 0.5) is 10.7 Å². The highest BCUT2D eigenvalue weighted by Gasteiger charge is 2.04. The van der Waals surface area contributed by atoms with E-state index in [2.05, 4.69) is 5.10 Å². The molecule has 0 fully saturated rings. The van der Waals surface area contributed by atoms with Crippen LogP contribution >= 0.6 is 0 Å². The first kappa shape index (κ1) is 10.2. The maximum atomic E-state index is 10.4. The van der Waals surface area contributed by atoms with Crippen LogP contribution in [0, 0.1) is 5.21 Å². The zero-order valence-corrected chi connectivity index (χ0v) is 6.93. The third-order valence-electron chi connectivity index (χ3n) is 1.20. The highest BCUT2D eigenvalue weighted by atomic mass is 16.8. The summed E-state index contributed by atoms with van der Waals surface area (Å²) in [5, 5.41) is 21.1.